The van der Waals surface area contributed by atoms with Crippen molar-refractivity contribution in [1.82, 2.24) is 0 Å². The molecule has 2 rings (SSSR count). The fourth-order valence-electron chi connectivity index (χ4n) is 1.37. The minimum absolute atomic E-state index is 0.0858. The number of methoxy groups -OCH3 is 1. The Kier molecular flexibility index (Phi) is 2.84. The molecule has 0 fully saturated rings. The molecule has 0 amide bonds. The van der Waals surface area contributed by atoms with E-state index in [9.17, 15) is 10.1 Å². The smallest absolute Gasteiger partial charge is 0.316 e. The van der Waals surface area contributed by atoms with Crippen molar-refractivity contribution in [2.45, 2.75) is 6.29 Å². The Morgan fingerprint density at radius 1 is 1.62 bits per heavy atom. The van der Waals surface area contributed by atoms with E-state index in [1.807, 2.05) is 0 Å². The number of hydrogen-bond acceptors (Lipinski definition) is 5. The molecule has 1 aromatic carbocycles. The number of ether oxygens (including phenoxy) is 3. The average molecular weight is 246 g/mol. The van der Waals surface area contributed by atoms with Crippen LogP contribution in [0.3, 0.4) is 0 Å². The zero-order chi connectivity index (χ0) is 11.7. The van der Waals surface area contributed by atoms with E-state index in [1.54, 1.807) is 0 Å². The number of hydrogen-bond donors (Lipinski definition) is 0. The molecule has 1 aromatic rings. The van der Waals surface area contributed by atoms with Crippen molar-refractivity contribution in [2.24, 2.45) is 0 Å². The van der Waals surface area contributed by atoms with E-state index in [-0.39, 0.29) is 28.8 Å². The first kappa shape index (κ1) is 11.0. The van der Waals surface area contributed by atoms with Gasteiger partial charge in [0.1, 0.15) is 0 Å². The first-order valence-electron chi connectivity index (χ1n) is 4.42. The molecule has 0 radical (unpaired) electrons. The van der Waals surface area contributed by atoms with E-state index >= 15 is 0 Å². The summed E-state index contributed by atoms with van der Waals surface area (Å²) in [6.07, 6.45) is -0.578. The van der Waals surface area contributed by atoms with Gasteiger partial charge < -0.3 is 14.2 Å². The minimum atomic E-state index is -0.578. The molecule has 0 saturated carbocycles. The van der Waals surface area contributed by atoms with Crippen molar-refractivity contribution >= 4 is 17.3 Å². The van der Waals surface area contributed by atoms with Crippen LogP contribution in [0, 0.1) is 10.1 Å². The molecule has 0 aromatic heterocycles. The topological polar surface area (TPSA) is 70.8 Å². The van der Waals surface area contributed by atoms with Gasteiger partial charge in [0, 0.05) is 19.2 Å². The highest BCUT2D eigenvalue weighted by Gasteiger charge is 2.29. The molecule has 0 bridgehead atoms. The number of nitrogens with zero attached hydrogens (tertiary/aromatic N) is 1. The van der Waals surface area contributed by atoms with Crippen LogP contribution in [0.4, 0.5) is 5.69 Å². The molecule has 0 saturated heterocycles. The van der Waals surface area contributed by atoms with E-state index in [1.165, 1.54) is 19.2 Å². The van der Waals surface area contributed by atoms with Crippen LogP contribution >= 0.6 is 11.6 Å². The molecule has 1 atom stereocenters. The summed E-state index contributed by atoms with van der Waals surface area (Å²) in [5.41, 5.74) is -0.211. The van der Waals surface area contributed by atoms with E-state index in [0.717, 1.165) is 0 Å². The lowest BCUT2D eigenvalue weighted by Crippen LogP contribution is -2.30. The predicted molar refractivity (Wildman–Crippen MR) is 55.0 cm³/mol. The van der Waals surface area contributed by atoms with E-state index in [0.29, 0.717) is 0 Å². The molecule has 1 aliphatic heterocycles. The predicted octanol–water partition coefficient (Wildman–Crippen LogP) is 1.99. The summed E-state index contributed by atoms with van der Waals surface area (Å²) >= 11 is 5.74. The molecule has 1 aliphatic rings. The molecule has 0 aliphatic carbocycles. The quantitative estimate of drug-likeness (QED) is 0.589. The van der Waals surface area contributed by atoms with Crippen LogP contribution in [0.25, 0.3) is 0 Å². The fraction of sp³-hybridized carbons (Fsp3) is 0.333. The number of nitro benzene ring substituents is 1. The largest absolute Gasteiger partial charge is 0.478 e. The zero-order valence-electron chi connectivity index (χ0n) is 8.31. The average Bonchev–Trinajstić information content (AvgIpc) is 2.26. The van der Waals surface area contributed by atoms with Crippen LogP contribution in [-0.4, -0.2) is 24.9 Å². The summed E-state index contributed by atoms with van der Waals surface area (Å²) in [6.45, 7) is 0.103. The van der Waals surface area contributed by atoms with Gasteiger partial charge in [0.05, 0.1) is 9.95 Å². The highest BCUT2D eigenvalue weighted by atomic mass is 35.5. The van der Waals surface area contributed by atoms with Crippen molar-refractivity contribution in [3.63, 3.8) is 0 Å². The Morgan fingerprint density at radius 2 is 2.38 bits per heavy atom. The van der Waals surface area contributed by atoms with Gasteiger partial charge in [0.25, 0.3) is 0 Å². The third kappa shape index (κ3) is 1.89. The number of rotatable bonds is 2. The summed E-state index contributed by atoms with van der Waals surface area (Å²) in [4.78, 5) is 10.2. The normalized spacial score (nSPS) is 18.2. The molecule has 86 valence electrons. The summed E-state index contributed by atoms with van der Waals surface area (Å²) in [5.74, 6) is 0.306. The lowest BCUT2D eigenvalue weighted by Gasteiger charge is -2.24. The molecular formula is C9H8ClNO5. The fourth-order valence-corrected chi connectivity index (χ4v) is 1.57. The van der Waals surface area contributed by atoms with Crippen LogP contribution in [0.2, 0.25) is 5.02 Å². The van der Waals surface area contributed by atoms with Gasteiger partial charge in [-0.2, -0.15) is 0 Å². The molecule has 0 spiro atoms. The van der Waals surface area contributed by atoms with Gasteiger partial charge in [-0.1, -0.05) is 11.6 Å². The van der Waals surface area contributed by atoms with E-state index in [2.05, 4.69) is 0 Å². The van der Waals surface area contributed by atoms with Crippen LogP contribution in [0.15, 0.2) is 12.1 Å². The highest BCUT2D eigenvalue weighted by Crippen LogP contribution is 2.42. The summed E-state index contributed by atoms with van der Waals surface area (Å²) in [7, 11) is 1.46. The van der Waals surface area contributed by atoms with Crippen molar-refractivity contribution < 1.29 is 19.1 Å². The SMILES string of the molecule is COC1COc2c(cc(Cl)cc2[N+](=O)[O-])O1. The lowest BCUT2D eigenvalue weighted by atomic mass is 10.2. The van der Waals surface area contributed by atoms with Gasteiger partial charge in [-0.15, -0.1) is 0 Å². The monoisotopic (exact) mass is 245 g/mol. The van der Waals surface area contributed by atoms with Crippen molar-refractivity contribution in [2.75, 3.05) is 13.7 Å². The molecular weight excluding hydrogens is 238 g/mol. The minimum Gasteiger partial charge on any atom is -0.478 e. The Morgan fingerprint density at radius 3 is 3.00 bits per heavy atom. The van der Waals surface area contributed by atoms with Gasteiger partial charge in [0.2, 0.25) is 12.0 Å². The second kappa shape index (κ2) is 4.15. The van der Waals surface area contributed by atoms with Gasteiger partial charge in [-0.3, -0.25) is 10.1 Å². The van der Waals surface area contributed by atoms with Gasteiger partial charge in [-0.05, 0) is 0 Å². The summed E-state index contributed by atoms with van der Waals surface area (Å²) in [6, 6.07) is 2.67. The van der Waals surface area contributed by atoms with Crippen molar-refractivity contribution in [3.05, 3.63) is 27.3 Å². The second-order valence-corrected chi connectivity index (χ2v) is 3.54. The third-order valence-electron chi connectivity index (χ3n) is 2.08. The van der Waals surface area contributed by atoms with Crippen molar-refractivity contribution in [3.8, 4) is 11.5 Å². The third-order valence-corrected chi connectivity index (χ3v) is 2.30. The Balaban J connectivity index is 2.45. The molecule has 16 heavy (non-hydrogen) atoms. The van der Waals surface area contributed by atoms with Gasteiger partial charge in [0.15, 0.2) is 12.4 Å². The second-order valence-electron chi connectivity index (χ2n) is 3.10. The summed E-state index contributed by atoms with van der Waals surface area (Å²) in [5, 5.41) is 11.0. The maximum Gasteiger partial charge on any atom is 0.316 e. The number of benzene rings is 1. The Labute approximate surface area is 95.8 Å². The molecule has 7 heteroatoms. The van der Waals surface area contributed by atoms with Crippen LogP contribution in [0.1, 0.15) is 0 Å². The molecule has 6 nitrogen and oxygen atoms in total. The Hall–Kier alpha value is -1.53. The summed E-state index contributed by atoms with van der Waals surface area (Å²) < 4.78 is 15.5. The van der Waals surface area contributed by atoms with E-state index in [4.69, 9.17) is 25.8 Å². The van der Waals surface area contributed by atoms with Crippen molar-refractivity contribution in [1.29, 1.82) is 0 Å². The molecule has 1 heterocycles. The zero-order valence-corrected chi connectivity index (χ0v) is 9.06. The molecule has 0 N–H and O–H groups in total. The van der Waals surface area contributed by atoms with Crippen LogP contribution in [-0.2, 0) is 4.74 Å². The maximum atomic E-state index is 10.8. The standard InChI is InChI=1S/C9H8ClNO5/c1-14-8-4-15-9-6(11(12)13)2-5(10)3-7(9)16-8/h2-3,8H,4H2,1H3. The number of nitro groups is 1. The first-order chi connectivity index (χ1) is 7.61. The maximum absolute atomic E-state index is 10.8. The highest BCUT2D eigenvalue weighted by molar-refractivity contribution is 6.31. The number of halogens is 1. The number of fused-ring (bicyclic) bond motifs is 1. The molecule has 1 unspecified atom stereocenters. The van der Waals surface area contributed by atoms with Gasteiger partial charge >= 0.3 is 5.69 Å². The van der Waals surface area contributed by atoms with Gasteiger partial charge in [-0.25, -0.2) is 0 Å². The Bertz CT molecular complexity index is 436. The van der Waals surface area contributed by atoms with Crippen LogP contribution < -0.4 is 9.47 Å². The lowest BCUT2D eigenvalue weighted by molar-refractivity contribution is -0.386. The van der Waals surface area contributed by atoms with E-state index < -0.39 is 11.2 Å². The van der Waals surface area contributed by atoms with Crippen LogP contribution in [0.5, 0.6) is 11.5 Å². The first-order valence-corrected chi connectivity index (χ1v) is 4.80.